The first-order valence-electron chi connectivity index (χ1n) is 6.25. The first kappa shape index (κ1) is 16.0. The highest BCUT2D eigenvalue weighted by Crippen LogP contribution is 2.13. The summed E-state index contributed by atoms with van der Waals surface area (Å²) in [5.41, 5.74) is 3.21. The van der Waals surface area contributed by atoms with Crippen LogP contribution in [0.4, 0.5) is 8.78 Å². The van der Waals surface area contributed by atoms with Gasteiger partial charge in [0.2, 0.25) is 0 Å². The van der Waals surface area contributed by atoms with Crippen molar-refractivity contribution in [3.8, 4) is 0 Å². The maximum absolute atomic E-state index is 13.1. The Morgan fingerprint density at radius 1 is 1.16 bits per heavy atom. The molecule has 0 spiro atoms. The number of hydrogen-bond donors (Lipinski definition) is 2. The highest BCUT2D eigenvalue weighted by molar-refractivity contribution is 5.19. The minimum absolute atomic E-state index is 0.343. The SMILES string of the molecule is CCOC(OCC)C(Cc1ccc(F)c(F)c1)NN. The molecule has 108 valence electrons. The van der Waals surface area contributed by atoms with Crippen molar-refractivity contribution in [2.45, 2.75) is 32.6 Å². The molecule has 0 heterocycles. The van der Waals surface area contributed by atoms with Crippen LogP contribution in [-0.4, -0.2) is 25.5 Å². The summed E-state index contributed by atoms with van der Waals surface area (Å²) >= 11 is 0. The van der Waals surface area contributed by atoms with Crippen molar-refractivity contribution in [2.24, 2.45) is 5.84 Å². The molecule has 1 aromatic rings. The molecule has 1 rings (SSSR count). The smallest absolute Gasteiger partial charge is 0.174 e. The van der Waals surface area contributed by atoms with Gasteiger partial charge in [-0.05, 0) is 38.0 Å². The quantitative estimate of drug-likeness (QED) is 0.431. The lowest BCUT2D eigenvalue weighted by Crippen LogP contribution is -2.48. The summed E-state index contributed by atoms with van der Waals surface area (Å²) in [4.78, 5) is 0. The summed E-state index contributed by atoms with van der Waals surface area (Å²) in [6, 6.07) is 3.41. The maximum atomic E-state index is 13.1. The number of hydrazine groups is 1. The number of nitrogens with two attached hydrogens (primary N) is 1. The van der Waals surface area contributed by atoms with E-state index in [0.717, 1.165) is 12.1 Å². The third-order valence-electron chi connectivity index (χ3n) is 2.64. The second-order valence-electron chi connectivity index (χ2n) is 4.00. The van der Waals surface area contributed by atoms with E-state index < -0.39 is 17.9 Å². The van der Waals surface area contributed by atoms with E-state index in [1.165, 1.54) is 6.07 Å². The topological polar surface area (TPSA) is 56.5 Å². The monoisotopic (exact) mass is 274 g/mol. The Morgan fingerprint density at radius 2 is 1.79 bits per heavy atom. The van der Waals surface area contributed by atoms with Crippen molar-refractivity contribution in [3.05, 3.63) is 35.4 Å². The molecule has 0 aliphatic carbocycles. The Balaban J connectivity index is 2.75. The van der Waals surface area contributed by atoms with Crippen molar-refractivity contribution in [2.75, 3.05) is 13.2 Å². The van der Waals surface area contributed by atoms with Gasteiger partial charge in [-0.2, -0.15) is 0 Å². The van der Waals surface area contributed by atoms with Crippen LogP contribution in [0.15, 0.2) is 18.2 Å². The normalized spacial score (nSPS) is 12.9. The van der Waals surface area contributed by atoms with Crippen molar-refractivity contribution < 1.29 is 18.3 Å². The van der Waals surface area contributed by atoms with Gasteiger partial charge in [0.15, 0.2) is 17.9 Å². The van der Waals surface area contributed by atoms with E-state index in [9.17, 15) is 8.78 Å². The molecule has 0 radical (unpaired) electrons. The van der Waals surface area contributed by atoms with Gasteiger partial charge in [0.1, 0.15) is 0 Å². The average molecular weight is 274 g/mol. The minimum Gasteiger partial charge on any atom is -0.351 e. The van der Waals surface area contributed by atoms with Gasteiger partial charge in [0.25, 0.3) is 0 Å². The van der Waals surface area contributed by atoms with Gasteiger partial charge in [0.05, 0.1) is 6.04 Å². The number of nitrogens with one attached hydrogen (secondary N) is 1. The molecule has 1 aromatic carbocycles. The fourth-order valence-corrected chi connectivity index (χ4v) is 1.76. The zero-order chi connectivity index (χ0) is 14.3. The minimum atomic E-state index is -0.877. The van der Waals surface area contributed by atoms with E-state index >= 15 is 0 Å². The van der Waals surface area contributed by atoms with Gasteiger partial charge in [0, 0.05) is 13.2 Å². The zero-order valence-corrected chi connectivity index (χ0v) is 11.2. The molecular formula is C13H20F2N2O2. The molecule has 1 unspecified atom stereocenters. The molecule has 6 heteroatoms. The molecule has 0 aromatic heterocycles. The van der Waals surface area contributed by atoms with Crippen LogP contribution in [0, 0.1) is 11.6 Å². The van der Waals surface area contributed by atoms with E-state index in [4.69, 9.17) is 15.3 Å². The van der Waals surface area contributed by atoms with Crippen LogP contribution in [0.3, 0.4) is 0 Å². The first-order valence-corrected chi connectivity index (χ1v) is 6.25. The van der Waals surface area contributed by atoms with E-state index in [1.54, 1.807) is 0 Å². The Bertz CT molecular complexity index is 385. The van der Waals surface area contributed by atoms with Crippen molar-refractivity contribution >= 4 is 0 Å². The Kier molecular flexibility index (Phi) is 6.86. The molecule has 0 saturated heterocycles. The van der Waals surface area contributed by atoms with E-state index in [-0.39, 0.29) is 6.04 Å². The Hall–Kier alpha value is -1.08. The van der Waals surface area contributed by atoms with E-state index in [1.807, 2.05) is 13.8 Å². The first-order chi connectivity index (χ1) is 9.12. The Morgan fingerprint density at radius 3 is 2.26 bits per heavy atom. The van der Waals surface area contributed by atoms with Crippen LogP contribution < -0.4 is 11.3 Å². The summed E-state index contributed by atoms with van der Waals surface area (Å²) in [6.07, 6.45) is -0.161. The lowest BCUT2D eigenvalue weighted by atomic mass is 10.1. The van der Waals surface area contributed by atoms with Crippen LogP contribution in [0.2, 0.25) is 0 Å². The van der Waals surface area contributed by atoms with Crippen LogP contribution in [0.1, 0.15) is 19.4 Å². The fraction of sp³-hybridized carbons (Fsp3) is 0.538. The molecule has 0 amide bonds. The molecular weight excluding hydrogens is 254 g/mol. The number of halogens is 2. The molecule has 4 nitrogen and oxygen atoms in total. The van der Waals surface area contributed by atoms with Gasteiger partial charge in [-0.15, -0.1) is 0 Å². The molecule has 0 aliphatic heterocycles. The van der Waals surface area contributed by atoms with Gasteiger partial charge in [-0.1, -0.05) is 6.07 Å². The fourth-order valence-electron chi connectivity index (χ4n) is 1.76. The lowest BCUT2D eigenvalue weighted by Gasteiger charge is -2.26. The lowest BCUT2D eigenvalue weighted by molar-refractivity contribution is -0.153. The van der Waals surface area contributed by atoms with Crippen LogP contribution in [-0.2, 0) is 15.9 Å². The summed E-state index contributed by atoms with van der Waals surface area (Å²) in [6.45, 7) is 4.63. The molecule has 3 N–H and O–H groups in total. The summed E-state index contributed by atoms with van der Waals surface area (Å²) in [5, 5.41) is 0. The van der Waals surface area contributed by atoms with Crippen LogP contribution in [0.5, 0.6) is 0 Å². The number of rotatable bonds is 8. The molecule has 0 saturated carbocycles. The average Bonchev–Trinajstić information content (AvgIpc) is 2.40. The largest absolute Gasteiger partial charge is 0.351 e. The zero-order valence-electron chi connectivity index (χ0n) is 11.2. The second kappa shape index (κ2) is 8.16. The summed E-state index contributed by atoms with van der Waals surface area (Å²) in [7, 11) is 0. The van der Waals surface area contributed by atoms with E-state index in [2.05, 4.69) is 5.43 Å². The van der Waals surface area contributed by atoms with Crippen LogP contribution >= 0.6 is 0 Å². The second-order valence-corrected chi connectivity index (χ2v) is 4.00. The number of hydrogen-bond acceptors (Lipinski definition) is 4. The standard InChI is InChI=1S/C13H20F2N2O2/c1-3-18-13(19-4-2)12(17-16)8-9-5-6-10(14)11(15)7-9/h5-7,12-13,17H,3-4,8,16H2,1-2H3. The third kappa shape index (κ3) is 4.83. The number of ether oxygens (including phenoxy) is 2. The highest BCUT2D eigenvalue weighted by atomic mass is 19.2. The Labute approximate surface area is 111 Å². The van der Waals surface area contributed by atoms with Crippen molar-refractivity contribution in [1.82, 2.24) is 5.43 Å². The van der Waals surface area contributed by atoms with Gasteiger partial charge < -0.3 is 9.47 Å². The summed E-state index contributed by atoms with van der Waals surface area (Å²) < 4.78 is 36.9. The predicted octanol–water partition coefficient (Wildman–Crippen LogP) is 1.74. The summed E-state index contributed by atoms with van der Waals surface area (Å²) in [5.74, 6) is 3.73. The molecule has 0 fully saturated rings. The molecule has 1 atom stereocenters. The molecule has 0 bridgehead atoms. The van der Waals surface area contributed by atoms with Gasteiger partial charge in [-0.25, -0.2) is 8.78 Å². The predicted molar refractivity (Wildman–Crippen MR) is 68.2 cm³/mol. The maximum Gasteiger partial charge on any atom is 0.174 e. The van der Waals surface area contributed by atoms with Crippen LogP contribution in [0.25, 0.3) is 0 Å². The molecule has 0 aliphatic rings. The highest BCUT2D eigenvalue weighted by Gasteiger charge is 2.22. The van der Waals surface area contributed by atoms with Gasteiger partial charge in [-0.3, -0.25) is 11.3 Å². The molecule has 19 heavy (non-hydrogen) atoms. The van der Waals surface area contributed by atoms with Crippen molar-refractivity contribution in [1.29, 1.82) is 0 Å². The van der Waals surface area contributed by atoms with E-state index in [0.29, 0.717) is 25.2 Å². The third-order valence-corrected chi connectivity index (χ3v) is 2.64. The van der Waals surface area contributed by atoms with Crippen molar-refractivity contribution in [3.63, 3.8) is 0 Å². The van der Waals surface area contributed by atoms with Gasteiger partial charge >= 0.3 is 0 Å². The number of benzene rings is 1.